The molecule has 1 aromatic carbocycles. The summed E-state index contributed by atoms with van der Waals surface area (Å²) in [6.45, 7) is 4.95. The normalized spacial score (nSPS) is 16.5. The highest BCUT2D eigenvalue weighted by Gasteiger charge is 2.33. The molecule has 0 saturated carbocycles. The van der Waals surface area contributed by atoms with E-state index in [0.717, 1.165) is 6.54 Å². The molecule has 0 aliphatic carbocycles. The average Bonchev–Trinajstić information content (AvgIpc) is 2.55. The summed E-state index contributed by atoms with van der Waals surface area (Å²) in [5.74, 6) is -0.280. The molecule has 7 nitrogen and oxygen atoms in total. The Labute approximate surface area is 149 Å². The fraction of sp³-hybridized carbons (Fsp3) is 0.588. The molecular formula is C17H27N3O4S. The number of carbonyl (C=O) groups is 1. The molecule has 0 aromatic heterocycles. The molecule has 1 saturated heterocycles. The van der Waals surface area contributed by atoms with Crippen molar-refractivity contribution in [1.29, 1.82) is 0 Å². The highest BCUT2D eigenvalue weighted by atomic mass is 32.2. The lowest BCUT2D eigenvalue weighted by atomic mass is 9.89. The van der Waals surface area contributed by atoms with Crippen molar-refractivity contribution < 1.29 is 17.9 Å². The van der Waals surface area contributed by atoms with Crippen molar-refractivity contribution >= 4 is 15.9 Å². The second kappa shape index (κ2) is 8.27. The molecule has 140 valence electrons. The highest BCUT2D eigenvalue weighted by molar-refractivity contribution is 7.89. The van der Waals surface area contributed by atoms with E-state index in [2.05, 4.69) is 10.0 Å². The second-order valence-electron chi connectivity index (χ2n) is 7.07. The van der Waals surface area contributed by atoms with Crippen molar-refractivity contribution in [3.05, 3.63) is 29.8 Å². The van der Waals surface area contributed by atoms with Crippen molar-refractivity contribution in [2.45, 2.75) is 18.2 Å². The fourth-order valence-corrected chi connectivity index (χ4v) is 3.56. The van der Waals surface area contributed by atoms with Gasteiger partial charge in [0.1, 0.15) is 0 Å². The lowest BCUT2D eigenvalue weighted by Gasteiger charge is -2.38. The first kappa shape index (κ1) is 19.8. The van der Waals surface area contributed by atoms with E-state index in [1.165, 1.54) is 12.1 Å². The van der Waals surface area contributed by atoms with Gasteiger partial charge in [-0.05, 0) is 45.3 Å². The summed E-state index contributed by atoms with van der Waals surface area (Å²) in [5, 5.41) is 2.85. The monoisotopic (exact) mass is 369 g/mol. The molecule has 2 rings (SSSR count). The molecule has 1 aliphatic rings. The standard InChI is InChI=1S/C17H27N3O4S/c1-17(12-24-13-17)11-18-16(21)14-6-4-7-15(10-14)25(22,23)19-8-5-9-20(2)3/h4,6-7,10,19H,5,8-9,11-13H2,1-3H3,(H,18,21). The van der Waals surface area contributed by atoms with E-state index in [9.17, 15) is 13.2 Å². The number of amides is 1. The lowest BCUT2D eigenvalue weighted by Crippen LogP contribution is -2.48. The number of nitrogens with one attached hydrogen (secondary N) is 2. The fourth-order valence-electron chi connectivity index (χ4n) is 2.44. The molecule has 0 bridgehead atoms. The summed E-state index contributed by atoms with van der Waals surface area (Å²) in [5.41, 5.74) is 0.299. The predicted molar refractivity (Wildman–Crippen MR) is 96.1 cm³/mol. The van der Waals surface area contributed by atoms with E-state index in [-0.39, 0.29) is 16.2 Å². The van der Waals surface area contributed by atoms with Crippen LogP contribution in [0.25, 0.3) is 0 Å². The van der Waals surface area contributed by atoms with Crippen LogP contribution in [0.2, 0.25) is 0 Å². The summed E-state index contributed by atoms with van der Waals surface area (Å²) in [4.78, 5) is 14.4. The Morgan fingerprint density at radius 2 is 2.04 bits per heavy atom. The van der Waals surface area contributed by atoms with E-state index in [0.29, 0.717) is 38.3 Å². The van der Waals surface area contributed by atoms with Crippen LogP contribution in [0.3, 0.4) is 0 Å². The average molecular weight is 369 g/mol. The predicted octanol–water partition coefficient (Wildman–Crippen LogP) is 0.683. The van der Waals surface area contributed by atoms with Crippen LogP contribution >= 0.6 is 0 Å². The van der Waals surface area contributed by atoms with Gasteiger partial charge >= 0.3 is 0 Å². The number of carbonyl (C=O) groups excluding carboxylic acids is 1. The van der Waals surface area contributed by atoms with Gasteiger partial charge in [0.25, 0.3) is 5.91 Å². The molecule has 8 heteroatoms. The van der Waals surface area contributed by atoms with Gasteiger partial charge in [-0.3, -0.25) is 4.79 Å². The zero-order valence-electron chi connectivity index (χ0n) is 15.0. The first-order valence-electron chi connectivity index (χ1n) is 8.32. The van der Waals surface area contributed by atoms with Crippen molar-refractivity contribution in [3.63, 3.8) is 0 Å². The summed E-state index contributed by atoms with van der Waals surface area (Å²) in [7, 11) is 0.255. The maximum atomic E-state index is 12.4. The zero-order valence-corrected chi connectivity index (χ0v) is 15.9. The van der Waals surface area contributed by atoms with Gasteiger partial charge in [-0.25, -0.2) is 13.1 Å². The first-order valence-corrected chi connectivity index (χ1v) is 9.81. The number of rotatable bonds is 9. The Morgan fingerprint density at radius 3 is 2.64 bits per heavy atom. The Hall–Kier alpha value is -1.48. The molecule has 0 spiro atoms. The van der Waals surface area contributed by atoms with Crippen molar-refractivity contribution in [2.24, 2.45) is 5.41 Å². The van der Waals surface area contributed by atoms with Gasteiger partial charge in [-0.1, -0.05) is 13.0 Å². The minimum absolute atomic E-state index is 0.0344. The maximum absolute atomic E-state index is 12.4. The molecule has 0 unspecified atom stereocenters. The molecule has 2 N–H and O–H groups in total. The third-order valence-electron chi connectivity index (χ3n) is 4.06. The SMILES string of the molecule is CN(C)CCCNS(=O)(=O)c1cccc(C(=O)NCC2(C)COC2)c1. The quantitative estimate of drug-likeness (QED) is 0.625. The van der Waals surface area contributed by atoms with Gasteiger partial charge in [0.05, 0.1) is 18.1 Å². The molecule has 1 fully saturated rings. The number of ether oxygens (including phenoxy) is 1. The topological polar surface area (TPSA) is 87.7 Å². The van der Waals surface area contributed by atoms with Crippen molar-refractivity contribution in [2.75, 3.05) is 46.9 Å². The van der Waals surface area contributed by atoms with Crippen LogP contribution in [0.15, 0.2) is 29.2 Å². The van der Waals surface area contributed by atoms with Crippen molar-refractivity contribution in [3.8, 4) is 0 Å². The van der Waals surface area contributed by atoms with Gasteiger partial charge in [-0.2, -0.15) is 0 Å². The maximum Gasteiger partial charge on any atom is 0.251 e. The number of sulfonamides is 1. The number of benzene rings is 1. The molecule has 1 heterocycles. The Bertz CT molecular complexity index is 700. The Balaban J connectivity index is 1.95. The minimum Gasteiger partial charge on any atom is -0.380 e. The van der Waals surface area contributed by atoms with Gasteiger partial charge in [0, 0.05) is 24.1 Å². The van der Waals surface area contributed by atoms with E-state index in [1.807, 2.05) is 25.9 Å². The summed E-state index contributed by atoms with van der Waals surface area (Å²) >= 11 is 0. The lowest BCUT2D eigenvalue weighted by molar-refractivity contribution is -0.0978. The molecule has 1 aromatic rings. The summed E-state index contributed by atoms with van der Waals surface area (Å²) in [6.07, 6.45) is 0.715. The van der Waals surface area contributed by atoms with Crippen LogP contribution in [0.1, 0.15) is 23.7 Å². The van der Waals surface area contributed by atoms with Crippen LogP contribution in [-0.2, 0) is 14.8 Å². The second-order valence-corrected chi connectivity index (χ2v) is 8.84. The number of nitrogens with zero attached hydrogens (tertiary/aromatic N) is 1. The molecular weight excluding hydrogens is 342 g/mol. The van der Waals surface area contributed by atoms with Crippen LogP contribution in [0.4, 0.5) is 0 Å². The van der Waals surface area contributed by atoms with E-state index in [4.69, 9.17) is 4.74 Å². The van der Waals surface area contributed by atoms with Crippen LogP contribution in [-0.4, -0.2) is 66.2 Å². The van der Waals surface area contributed by atoms with Crippen molar-refractivity contribution in [1.82, 2.24) is 14.9 Å². The van der Waals surface area contributed by atoms with E-state index < -0.39 is 10.0 Å². The van der Waals surface area contributed by atoms with Gasteiger partial charge in [0.2, 0.25) is 10.0 Å². The van der Waals surface area contributed by atoms with E-state index in [1.54, 1.807) is 12.1 Å². The zero-order chi connectivity index (χ0) is 18.5. The Morgan fingerprint density at radius 1 is 1.32 bits per heavy atom. The molecule has 1 amide bonds. The molecule has 1 aliphatic heterocycles. The number of hydrogen-bond donors (Lipinski definition) is 2. The highest BCUT2D eigenvalue weighted by Crippen LogP contribution is 2.25. The van der Waals surface area contributed by atoms with Gasteiger partial charge < -0.3 is 15.0 Å². The molecule has 25 heavy (non-hydrogen) atoms. The molecule has 0 atom stereocenters. The summed E-state index contributed by atoms with van der Waals surface area (Å²) < 4.78 is 32.4. The summed E-state index contributed by atoms with van der Waals surface area (Å²) in [6, 6.07) is 6.09. The van der Waals surface area contributed by atoms with Crippen LogP contribution in [0, 0.1) is 5.41 Å². The van der Waals surface area contributed by atoms with Crippen LogP contribution in [0.5, 0.6) is 0 Å². The number of hydrogen-bond acceptors (Lipinski definition) is 5. The van der Waals surface area contributed by atoms with Gasteiger partial charge in [-0.15, -0.1) is 0 Å². The smallest absolute Gasteiger partial charge is 0.251 e. The minimum atomic E-state index is -3.62. The largest absolute Gasteiger partial charge is 0.380 e. The van der Waals surface area contributed by atoms with E-state index >= 15 is 0 Å². The van der Waals surface area contributed by atoms with Crippen LogP contribution < -0.4 is 10.0 Å². The van der Waals surface area contributed by atoms with Gasteiger partial charge in [0.15, 0.2) is 0 Å². The third-order valence-corrected chi connectivity index (χ3v) is 5.52. The third kappa shape index (κ3) is 5.78. The first-order chi connectivity index (χ1) is 11.7. The molecule has 0 radical (unpaired) electrons. The Kier molecular flexibility index (Phi) is 6.56.